The van der Waals surface area contributed by atoms with Crippen LogP contribution in [0.4, 0.5) is 0 Å². The van der Waals surface area contributed by atoms with Crippen LogP contribution in [-0.4, -0.2) is 0 Å². The molecule has 3 aromatic rings. The van der Waals surface area contributed by atoms with Crippen LogP contribution in [-0.2, 0) is 12.8 Å². The Labute approximate surface area is 130 Å². The van der Waals surface area contributed by atoms with Crippen LogP contribution in [0.5, 0.6) is 0 Å². The third-order valence-electron chi connectivity index (χ3n) is 4.91. The predicted octanol–water partition coefficient (Wildman–Crippen LogP) is 6.41. The number of hydrogen-bond donors (Lipinski definition) is 0. The van der Waals surface area contributed by atoms with Crippen molar-refractivity contribution in [2.45, 2.75) is 51.9 Å². The van der Waals surface area contributed by atoms with Crippen LogP contribution in [0, 0.1) is 6.92 Å². The second-order valence-electron chi connectivity index (χ2n) is 6.44. The lowest BCUT2D eigenvalue weighted by molar-refractivity contribution is 0.629. The van der Waals surface area contributed by atoms with Gasteiger partial charge in [-0.2, -0.15) is 0 Å². The summed E-state index contributed by atoms with van der Waals surface area (Å²) in [6.45, 7) is 2.23. The number of rotatable bonds is 0. The minimum Gasteiger partial charge on any atom is -0.135 e. The van der Waals surface area contributed by atoms with Crippen LogP contribution >= 0.6 is 11.3 Å². The first-order valence-corrected chi connectivity index (χ1v) is 9.08. The molecule has 108 valence electrons. The molecule has 0 atom stereocenters. The van der Waals surface area contributed by atoms with Crippen molar-refractivity contribution in [3.63, 3.8) is 0 Å². The molecule has 0 N–H and O–H groups in total. The van der Waals surface area contributed by atoms with Gasteiger partial charge in [-0.3, -0.25) is 0 Å². The molecule has 1 aliphatic carbocycles. The molecule has 21 heavy (non-hydrogen) atoms. The second-order valence-corrected chi connectivity index (χ2v) is 7.49. The number of aryl methyl sites for hydroxylation is 3. The first kappa shape index (κ1) is 13.3. The van der Waals surface area contributed by atoms with Crippen molar-refractivity contribution in [2.75, 3.05) is 0 Å². The number of thiophene rings is 1. The fourth-order valence-electron chi connectivity index (χ4n) is 3.70. The summed E-state index contributed by atoms with van der Waals surface area (Å²) < 4.78 is 2.96. The molecule has 4 rings (SSSR count). The molecule has 0 bridgehead atoms. The molecule has 1 heteroatoms. The highest BCUT2D eigenvalue weighted by Gasteiger charge is 2.12. The van der Waals surface area contributed by atoms with E-state index in [4.69, 9.17) is 0 Å². The smallest absolute Gasteiger partial charge is 0.0384 e. The van der Waals surface area contributed by atoms with Crippen molar-refractivity contribution in [1.29, 1.82) is 0 Å². The van der Waals surface area contributed by atoms with E-state index in [1.165, 1.54) is 70.7 Å². The largest absolute Gasteiger partial charge is 0.135 e. The van der Waals surface area contributed by atoms with E-state index in [0.717, 1.165) is 0 Å². The first-order valence-electron chi connectivity index (χ1n) is 8.26. The Kier molecular flexibility index (Phi) is 3.46. The van der Waals surface area contributed by atoms with Crippen molar-refractivity contribution < 1.29 is 0 Å². The van der Waals surface area contributed by atoms with Gasteiger partial charge in [-0.05, 0) is 61.4 Å². The third-order valence-corrected chi connectivity index (χ3v) is 6.21. The summed E-state index contributed by atoms with van der Waals surface area (Å²) in [5, 5.41) is 2.94. The van der Waals surface area contributed by atoms with Crippen LogP contribution in [0.1, 0.15) is 48.8 Å². The SMILES string of the molecule is Cc1cccc2c1sc1cc3c(cc12)CCCCCCC3. The zero-order chi connectivity index (χ0) is 14.2. The number of fused-ring (bicyclic) bond motifs is 4. The summed E-state index contributed by atoms with van der Waals surface area (Å²) in [6.07, 6.45) is 9.50. The predicted molar refractivity (Wildman–Crippen MR) is 94.6 cm³/mol. The van der Waals surface area contributed by atoms with Gasteiger partial charge in [-0.15, -0.1) is 11.3 Å². The standard InChI is InChI=1S/C20H22S/c1-14-8-7-11-17-18-12-15-9-5-3-2-4-6-10-16(15)13-19(18)21-20(14)17/h7-8,11-13H,2-6,9-10H2,1H3. The number of hydrogen-bond acceptors (Lipinski definition) is 1. The Morgan fingerprint density at radius 1 is 0.810 bits per heavy atom. The Hall–Kier alpha value is -1.34. The van der Waals surface area contributed by atoms with E-state index in [-0.39, 0.29) is 0 Å². The zero-order valence-corrected chi connectivity index (χ0v) is 13.6. The summed E-state index contributed by atoms with van der Waals surface area (Å²) in [6, 6.07) is 11.7. The van der Waals surface area contributed by atoms with Crippen LogP contribution in [0.15, 0.2) is 30.3 Å². The summed E-state index contributed by atoms with van der Waals surface area (Å²) >= 11 is 1.98. The second kappa shape index (κ2) is 5.46. The Morgan fingerprint density at radius 3 is 2.33 bits per heavy atom. The topological polar surface area (TPSA) is 0 Å². The summed E-state index contributed by atoms with van der Waals surface area (Å²) in [5.74, 6) is 0. The molecular weight excluding hydrogens is 272 g/mol. The van der Waals surface area contributed by atoms with Gasteiger partial charge in [-0.1, -0.05) is 37.5 Å². The van der Waals surface area contributed by atoms with Gasteiger partial charge < -0.3 is 0 Å². The maximum Gasteiger partial charge on any atom is 0.0384 e. The minimum absolute atomic E-state index is 1.27. The Morgan fingerprint density at radius 2 is 1.52 bits per heavy atom. The van der Waals surface area contributed by atoms with Crippen LogP contribution in [0.2, 0.25) is 0 Å². The van der Waals surface area contributed by atoms with E-state index in [9.17, 15) is 0 Å². The fraction of sp³-hybridized carbons (Fsp3) is 0.400. The third kappa shape index (κ3) is 2.38. The first-order chi connectivity index (χ1) is 10.3. The van der Waals surface area contributed by atoms with Crippen molar-refractivity contribution in [3.8, 4) is 0 Å². The molecule has 0 saturated heterocycles. The molecular formula is C20H22S. The molecule has 1 aliphatic rings. The van der Waals surface area contributed by atoms with E-state index in [2.05, 4.69) is 37.3 Å². The molecule has 1 aromatic heterocycles. The normalized spacial score (nSPS) is 16.4. The van der Waals surface area contributed by atoms with Gasteiger partial charge in [0.2, 0.25) is 0 Å². The van der Waals surface area contributed by atoms with Crippen molar-refractivity contribution in [2.24, 2.45) is 0 Å². The van der Waals surface area contributed by atoms with E-state index >= 15 is 0 Å². The average molecular weight is 294 g/mol. The molecule has 2 aromatic carbocycles. The molecule has 1 heterocycles. The summed E-state index contributed by atoms with van der Waals surface area (Å²) in [5.41, 5.74) is 4.65. The molecule has 0 spiro atoms. The van der Waals surface area contributed by atoms with Gasteiger partial charge in [0.25, 0.3) is 0 Å². The highest BCUT2D eigenvalue weighted by Crippen LogP contribution is 2.38. The van der Waals surface area contributed by atoms with Crippen LogP contribution in [0.25, 0.3) is 20.2 Å². The molecule has 0 fully saturated rings. The van der Waals surface area contributed by atoms with Crippen molar-refractivity contribution in [3.05, 3.63) is 47.0 Å². The van der Waals surface area contributed by atoms with Gasteiger partial charge >= 0.3 is 0 Å². The Bertz CT molecular complexity index is 794. The summed E-state index contributed by atoms with van der Waals surface area (Å²) in [7, 11) is 0. The van der Waals surface area contributed by atoms with Gasteiger partial charge in [0.05, 0.1) is 0 Å². The van der Waals surface area contributed by atoms with Gasteiger partial charge in [-0.25, -0.2) is 0 Å². The highest BCUT2D eigenvalue weighted by atomic mass is 32.1. The lowest BCUT2D eigenvalue weighted by atomic mass is 9.97. The van der Waals surface area contributed by atoms with E-state index < -0.39 is 0 Å². The van der Waals surface area contributed by atoms with Crippen LogP contribution in [0.3, 0.4) is 0 Å². The van der Waals surface area contributed by atoms with Gasteiger partial charge in [0.1, 0.15) is 0 Å². The zero-order valence-electron chi connectivity index (χ0n) is 12.7. The van der Waals surface area contributed by atoms with E-state index in [1.807, 2.05) is 11.3 Å². The Balaban J connectivity index is 1.94. The van der Waals surface area contributed by atoms with Crippen LogP contribution < -0.4 is 0 Å². The van der Waals surface area contributed by atoms with Gasteiger partial charge in [0.15, 0.2) is 0 Å². The lowest BCUT2D eigenvalue weighted by Crippen LogP contribution is -1.93. The maximum absolute atomic E-state index is 2.51. The minimum atomic E-state index is 1.27. The molecule has 0 aliphatic heterocycles. The average Bonchev–Trinajstić information content (AvgIpc) is 2.89. The monoisotopic (exact) mass is 294 g/mol. The highest BCUT2D eigenvalue weighted by molar-refractivity contribution is 7.26. The lowest BCUT2D eigenvalue weighted by Gasteiger charge is -2.08. The summed E-state index contributed by atoms with van der Waals surface area (Å²) in [4.78, 5) is 0. The quantitative estimate of drug-likeness (QED) is 0.449. The maximum atomic E-state index is 2.51. The fourth-order valence-corrected chi connectivity index (χ4v) is 4.92. The molecule has 0 amide bonds. The molecule has 0 radical (unpaired) electrons. The number of benzene rings is 2. The van der Waals surface area contributed by atoms with E-state index in [0.29, 0.717) is 0 Å². The molecule has 0 nitrogen and oxygen atoms in total. The molecule has 0 saturated carbocycles. The molecule has 0 unspecified atom stereocenters. The van der Waals surface area contributed by atoms with Crippen molar-refractivity contribution >= 4 is 31.5 Å². The van der Waals surface area contributed by atoms with Gasteiger partial charge in [0, 0.05) is 20.2 Å². The van der Waals surface area contributed by atoms with E-state index in [1.54, 1.807) is 11.1 Å². The van der Waals surface area contributed by atoms with Crippen molar-refractivity contribution in [1.82, 2.24) is 0 Å².